The number of rotatable bonds is 11. The molecule has 9 nitrogen and oxygen atoms in total. The molecule has 2 rings (SSSR count). The van der Waals surface area contributed by atoms with Crippen molar-refractivity contribution >= 4 is 0 Å². The van der Waals surface area contributed by atoms with Crippen molar-refractivity contribution in [1.29, 1.82) is 0 Å². The molecule has 0 saturated carbocycles. The van der Waals surface area contributed by atoms with E-state index in [0.717, 1.165) is 19.3 Å². The van der Waals surface area contributed by atoms with E-state index in [1.807, 2.05) is 0 Å². The van der Waals surface area contributed by atoms with Crippen LogP contribution in [0.4, 0.5) is 0 Å². The quantitative estimate of drug-likeness (QED) is 0.291. The fourth-order valence-electron chi connectivity index (χ4n) is 3.76. The van der Waals surface area contributed by atoms with Crippen LogP contribution in [0.1, 0.15) is 58.8 Å². The number of hydrogen-bond donors (Lipinski definition) is 5. The van der Waals surface area contributed by atoms with Crippen LogP contribution >= 0.6 is 0 Å². The van der Waals surface area contributed by atoms with Crippen LogP contribution in [-0.2, 0) is 18.9 Å². The van der Waals surface area contributed by atoms with Gasteiger partial charge in [-0.3, -0.25) is 0 Å². The first-order valence-electron chi connectivity index (χ1n) is 10.9. The van der Waals surface area contributed by atoms with Gasteiger partial charge in [-0.2, -0.15) is 0 Å². The molecule has 0 amide bonds. The van der Waals surface area contributed by atoms with Crippen LogP contribution in [0, 0.1) is 0 Å². The van der Waals surface area contributed by atoms with Gasteiger partial charge in [0, 0.05) is 13.0 Å². The Kier molecular flexibility index (Phi) is 10.7. The van der Waals surface area contributed by atoms with Crippen LogP contribution in [0.2, 0.25) is 0 Å². The third-order valence-corrected chi connectivity index (χ3v) is 5.68. The SMILES string of the molecule is CCCCCCCCO[C@@H]1O[C@H](CO)[C@H](O)[C@H](N)[C@H]1O[C@@H]1C[C@H](O)[C@H](O)[C@H](C)O1. The van der Waals surface area contributed by atoms with E-state index in [-0.39, 0.29) is 13.0 Å². The minimum atomic E-state index is -1.13. The van der Waals surface area contributed by atoms with Gasteiger partial charge in [0.25, 0.3) is 0 Å². The van der Waals surface area contributed by atoms with E-state index in [2.05, 4.69) is 6.92 Å². The second-order valence-corrected chi connectivity index (χ2v) is 8.10. The summed E-state index contributed by atoms with van der Waals surface area (Å²) in [6.07, 6.45) is -0.353. The third-order valence-electron chi connectivity index (χ3n) is 5.68. The number of nitrogens with two attached hydrogens (primary N) is 1. The molecule has 0 spiro atoms. The van der Waals surface area contributed by atoms with Gasteiger partial charge in [-0.05, 0) is 13.3 Å². The second-order valence-electron chi connectivity index (χ2n) is 8.10. The molecule has 9 heteroatoms. The number of hydrogen-bond acceptors (Lipinski definition) is 9. The molecule has 0 radical (unpaired) electrons. The minimum absolute atomic E-state index is 0.0679. The summed E-state index contributed by atoms with van der Waals surface area (Å²) in [5, 5.41) is 39.6. The topological polar surface area (TPSA) is 144 Å². The molecule has 0 bridgehead atoms. The fraction of sp³-hybridized carbons (Fsp3) is 1.00. The zero-order valence-electron chi connectivity index (χ0n) is 17.6. The second kappa shape index (κ2) is 12.5. The highest BCUT2D eigenvalue weighted by molar-refractivity contribution is 4.94. The summed E-state index contributed by atoms with van der Waals surface area (Å²) in [5.41, 5.74) is 6.16. The highest BCUT2D eigenvalue weighted by Crippen LogP contribution is 2.28. The average Bonchev–Trinajstić information content (AvgIpc) is 2.70. The van der Waals surface area contributed by atoms with Crippen LogP contribution in [-0.4, -0.2) is 88.9 Å². The van der Waals surface area contributed by atoms with Crippen molar-refractivity contribution in [3.63, 3.8) is 0 Å². The van der Waals surface area contributed by atoms with Crippen LogP contribution in [0.3, 0.4) is 0 Å². The Morgan fingerprint density at radius 1 is 1.00 bits per heavy atom. The Labute approximate surface area is 173 Å². The molecule has 0 aromatic heterocycles. The maximum atomic E-state index is 10.3. The minimum Gasteiger partial charge on any atom is -0.394 e. The predicted molar refractivity (Wildman–Crippen MR) is 105 cm³/mol. The molecule has 2 aliphatic rings. The van der Waals surface area contributed by atoms with Gasteiger partial charge in [0.05, 0.1) is 24.9 Å². The van der Waals surface area contributed by atoms with Crippen LogP contribution in [0.15, 0.2) is 0 Å². The van der Waals surface area contributed by atoms with Crippen molar-refractivity contribution < 1.29 is 39.4 Å². The normalized spacial score (nSPS) is 40.9. The van der Waals surface area contributed by atoms with Gasteiger partial charge in [-0.1, -0.05) is 39.0 Å². The number of aliphatic hydroxyl groups is 4. The van der Waals surface area contributed by atoms with Crippen LogP contribution in [0.5, 0.6) is 0 Å². The maximum Gasteiger partial charge on any atom is 0.186 e. The summed E-state index contributed by atoms with van der Waals surface area (Å²) in [6.45, 7) is 3.88. The van der Waals surface area contributed by atoms with Crippen molar-refractivity contribution in [1.82, 2.24) is 0 Å². The van der Waals surface area contributed by atoms with E-state index in [9.17, 15) is 20.4 Å². The van der Waals surface area contributed by atoms with Crippen molar-refractivity contribution in [2.75, 3.05) is 13.2 Å². The summed E-state index contributed by atoms with van der Waals surface area (Å²) in [5.74, 6) is 0. The molecular formula is C20H39NO8. The summed E-state index contributed by atoms with van der Waals surface area (Å²) in [6, 6.07) is -0.863. The lowest BCUT2D eigenvalue weighted by Gasteiger charge is -2.45. The first-order chi connectivity index (χ1) is 13.9. The smallest absolute Gasteiger partial charge is 0.186 e. The maximum absolute atomic E-state index is 10.3. The lowest BCUT2D eigenvalue weighted by Crippen LogP contribution is -2.64. The predicted octanol–water partition coefficient (Wildman–Crippen LogP) is 0.0108. The molecule has 6 N–H and O–H groups in total. The molecule has 172 valence electrons. The van der Waals surface area contributed by atoms with E-state index in [0.29, 0.717) is 6.61 Å². The van der Waals surface area contributed by atoms with E-state index in [1.54, 1.807) is 6.92 Å². The summed E-state index contributed by atoms with van der Waals surface area (Å²) in [4.78, 5) is 0. The highest BCUT2D eigenvalue weighted by atomic mass is 16.7. The van der Waals surface area contributed by atoms with Gasteiger partial charge < -0.3 is 45.1 Å². The van der Waals surface area contributed by atoms with E-state index >= 15 is 0 Å². The number of unbranched alkanes of at least 4 members (excludes halogenated alkanes) is 5. The standard InChI is InChI=1S/C20H39NO8/c1-3-4-5-6-7-8-9-26-20-19(16(21)18(25)14(11-22)28-20)29-15-10-13(23)17(24)12(2)27-15/h12-20,22-25H,3-11,21H2,1-2H3/t12-,13-,14+,15+,16-,17+,18-,19+,20+/m0/s1. The number of ether oxygens (including phenoxy) is 4. The molecule has 9 atom stereocenters. The van der Waals surface area contributed by atoms with E-state index < -0.39 is 55.2 Å². The lowest BCUT2D eigenvalue weighted by molar-refractivity contribution is -0.330. The van der Waals surface area contributed by atoms with Gasteiger partial charge in [-0.15, -0.1) is 0 Å². The molecule has 2 saturated heterocycles. The van der Waals surface area contributed by atoms with Gasteiger partial charge in [-0.25, -0.2) is 0 Å². The van der Waals surface area contributed by atoms with Crippen molar-refractivity contribution in [2.45, 2.75) is 114 Å². The largest absolute Gasteiger partial charge is 0.394 e. The Morgan fingerprint density at radius 2 is 1.69 bits per heavy atom. The first kappa shape index (κ1) is 24.9. The van der Waals surface area contributed by atoms with Gasteiger partial charge in [0.1, 0.15) is 24.4 Å². The zero-order valence-corrected chi connectivity index (χ0v) is 17.6. The van der Waals surface area contributed by atoms with Crippen LogP contribution in [0.25, 0.3) is 0 Å². The van der Waals surface area contributed by atoms with Crippen molar-refractivity contribution in [2.24, 2.45) is 5.73 Å². The summed E-state index contributed by atoms with van der Waals surface area (Å²) in [7, 11) is 0. The third kappa shape index (κ3) is 7.09. The van der Waals surface area contributed by atoms with Gasteiger partial charge >= 0.3 is 0 Å². The molecule has 0 aromatic carbocycles. The molecular weight excluding hydrogens is 382 g/mol. The molecule has 29 heavy (non-hydrogen) atoms. The molecule has 0 aromatic rings. The Morgan fingerprint density at radius 3 is 2.34 bits per heavy atom. The molecule has 2 fully saturated rings. The molecule has 2 aliphatic heterocycles. The van der Waals surface area contributed by atoms with Gasteiger partial charge in [0.2, 0.25) is 0 Å². The Balaban J connectivity index is 1.91. The molecule has 2 heterocycles. The molecule has 0 aliphatic carbocycles. The number of aliphatic hydroxyl groups excluding tert-OH is 4. The average molecular weight is 422 g/mol. The van der Waals surface area contributed by atoms with Crippen molar-refractivity contribution in [3.8, 4) is 0 Å². The first-order valence-corrected chi connectivity index (χ1v) is 10.9. The Hall–Kier alpha value is -0.360. The zero-order chi connectivity index (χ0) is 21.4. The summed E-state index contributed by atoms with van der Waals surface area (Å²) < 4.78 is 23.1. The highest BCUT2D eigenvalue weighted by Gasteiger charge is 2.47. The van der Waals surface area contributed by atoms with E-state index in [4.69, 9.17) is 24.7 Å². The van der Waals surface area contributed by atoms with Gasteiger partial charge in [0.15, 0.2) is 12.6 Å². The monoisotopic (exact) mass is 421 g/mol. The molecule has 0 unspecified atom stereocenters. The Bertz CT molecular complexity index is 444. The van der Waals surface area contributed by atoms with Crippen molar-refractivity contribution in [3.05, 3.63) is 0 Å². The fourth-order valence-corrected chi connectivity index (χ4v) is 3.76. The van der Waals surface area contributed by atoms with E-state index in [1.165, 1.54) is 19.3 Å². The summed E-state index contributed by atoms with van der Waals surface area (Å²) >= 11 is 0. The lowest BCUT2D eigenvalue weighted by atomic mass is 9.96. The van der Waals surface area contributed by atoms with Crippen LogP contribution < -0.4 is 5.73 Å².